The normalized spacial score (nSPS) is 14.9. The van der Waals surface area contributed by atoms with E-state index >= 15 is 0 Å². The molecule has 0 aromatic heterocycles. The smallest absolute Gasteiger partial charge is 0.344 e. The average Bonchev–Trinajstić information content (AvgIpc) is 3.02. The number of amides is 3. The van der Waals surface area contributed by atoms with E-state index in [0.29, 0.717) is 21.3 Å². The van der Waals surface area contributed by atoms with E-state index in [4.69, 9.17) is 10.5 Å². The van der Waals surface area contributed by atoms with Crippen LogP contribution in [0, 0.1) is 0 Å². The molecule has 1 saturated heterocycles. The summed E-state index contributed by atoms with van der Waals surface area (Å²) in [6.45, 7) is -0.464. The minimum absolute atomic E-state index is 0.170. The Hall–Kier alpha value is -3.43. The largest absolute Gasteiger partial charge is 0.422 e. The van der Waals surface area contributed by atoms with Crippen LogP contribution in [0.2, 0.25) is 0 Å². The van der Waals surface area contributed by atoms with Crippen molar-refractivity contribution >= 4 is 67.6 Å². The molecule has 1 aliphatic rings. The number of fused-ring (bicyclic) bond motifs is 1. The van der Waals surface area contributed by atoms with Crippen molar-refractivity contribution in [3.63, 3.8) is 0 Å². The predicted molar refractivity (Wildman–Crippen MR) is 125 cm³/mol. The van der Waals surface area contributed by atoms with Gasteiger partial charge in [-0.25, -0.2) is 4.79 Å². The van der Waals surface area contributed by atoms with Gasteiger partial charge in [-0.2, -0.15) is 0 Å². The lowest BCUT2D eigenvalue weighted by molar-refractivity contribution is -0.127. The van der Waals surface area contributed by atoms with Crippen molar-refractivity contribution in [1.29, 1.82) is 0 Å². The van der Waals surface area contributed by atoms with Crippen LogP contribution < -0.4 is 10.5 Å². The van der Waals surface area contributed by atoms with Crippen molar-refractivity contribution in [3.05, 3.63) is 81.2 Å². The Morgan fingerprint density at radius 1 is 1.06 bits per heavy atom. The molecule has 0 radical (unpaired) electrons. The number of primary amides is 1. The zero-order valence-electron chi connectivity index (χ0n) is 16.4. The van der Waals surface area contributed by atoms with Gasteiger partial charge < -0.3 is 10.5 Å². The van der Waals surface area contributed by atoms with Gasteiger partial charge in [0.1, 0.15) is 12.3 Å². The van der Waals surface area contributed by atoms with Crippen LogP contribution in [0.5, 0.6) is 5.75 Å². The Balaban J connectivity index is 1.54. The number of thioether (sulfide) groups is 1. The molecule has 0 atom stereocenters. The SMILES string of the molecule is NC(=O)CN1C(=O)S/C(=C\c2ccc(OC(=O)c3cccc4ccccc34)c(Br)c2)C1=O. The van der Waals surface area contributed by atoms with E-state index < -0.39 is 29.6 Å². The number of rotatable bonds is 5. The highest BCUT2D eigenvalue weighted by Gasteiger charge is 2.35. The fourth-order valence-electron chi connectivity index (χ4n) is 3.19. The second-order valence-electron chi connectivity index (χ2n) is 6.84. The van der Waals surface area contributed by atoms with Gasteiger partial charge in [0.05, 0.1) is 14.9 Å². The van der Waals surface area contributed by atoms with Crippen molar-refractivity contribution in [1.82, 2.24) is 4.90 Å². The number of nitrogens with zero attached hydrogens (tertiary/aromatic N) is 1. The van der Waals surface area contributed by atoms with E-state index in [-0.39, 0.29) is 4.91 Å². The first-order valence-corrected chi connectivity index (χ1v) is 11.0. The Morgan fingerprint density at radius 2 is 1.81 bits per heavy atom. The number of nitrogens with two attached hydrogens (primary N) is 1. The summed E-state index contributed by atoms with van der Waals surface area (Å²) in [7, 11) is 0. The van der Waals surface area contributed by atoms with Crippen molar-refractivity contribution in [2.45, 2.75) is 0 Å². The van der Waals surface area contributed by atoms with E-state index in [0.717, 1.165) is 27.4 Å². The van der Waals surface area contributed by atoms with Crippen LogP contribution in [0.1, 0.15) is 15.9 Å². The molecule has 3 amide bonds. The van der Waals surface area contributed by atoms with Crippen LogP contribution in [-0.4, -0.2) is 34.5 Å². The van der Waals surface area contributed by atoms with Gasteiger partial charge in [0.15, 0.2) is 0 Å². The van der Waals surface area contributed by atoms with Gasteiger partial charge in [-0.05, 0) is 68.3 Å². The van der Waals surface area contributed by atoms with Crippen LogP contribution in [0.15, 0.2) is 70.0 Å². The van der Waals surface area contributed by atoms with Gasteiger partial charge in [-0.3, -0.25) is 19.3 Å². The fraction of sp³-hybridized carbons (Fsp3) is 0.0435. The van der Waals surface area contributed by atoms with Gasteiger partial charge in [0, 0.05) is 0 Å². The molecular weight excluding hydrogens is 496 g/mol. The third-order valence-corrected chi connectivity index (χ3v) is 6.18. The van der Waals surface area contributed by atoms with Crippen LogP contribution in [0.4, 0.5) is 4.79 Å². The van der Waals surface area contributed by atoms with Crippen LogP contribution >= 0.6 is 27.7 Å². The Kier molecular flexibility index (Phi) is 6.11. The summed E-state index contributed by atoms with van der Waals surface area (Å²) < 4.78 is 6.07. The molecule has 0 unspecified atom stereocenters. The maximum absolute atomic E-state index is 12.8. The number of halogens is 1. The van der Waals surface area contributed by atoms with E-state index in [9.17, 15) is 19.2 Å². The summed E-state index contributed by atoms with van der Waals surface area (Å²) in [5.41, 5.74) is 6.13. The number of hydrogen-bond acceptors (Lipinski definition) is 6. The fourth-order valence-corrected chi connectivity index (χ4v) is 4.51. The number of carbonyl (C=O) groups is 4. The zero-order valence-corrected chi connectivity index (χ0v) is 18.8. The summed E-state index contributed by atoms with van der Waals surface area (Å²) >= 11 is 4.11. The molecule has 0 aliphatic carbocycles. The average molecular weight is 511 g/mol. The monoisotopic (exact) mass is 510 g/mol. The minimum atomic E-state index is -0.770. The molecule has 1 heterocycles. The molecular formula is C23H15BrN2O5S. The molecule has 0 saturated carbocycles. The number of ether oxygens (including phenoxy) is 1. The number of carbonyl (C=O) groups excluding carboxylic acids is 4. The van der Waals surface area contributed by atoms with Gasteiger partial charge in [0.25, 0.3) is 11.1 Å². The lowest BCUT2D eigenvalue weighted by Crippen LogP contribution is -2.36. The topological polar surface area (TPSA) is 107 Å². The Labute approximate surface area is 195 Å². The molecule has 3 aromatic carbocycles. The first-order valence-electron chi connectivity index (χ1n) is 9.36. The maximum atomic E-state index is 12.8. The quantitative estimate of drug-likeness (QED) is 0.310. The summed E-state index contributed by atoms with van der Waals surface area (Å²) in [5.74, 6) is -1.54. The molecule has 3 aromatic rings. The van der Waals surface area contributed by atoms with Gasteiger partial charge >= 0.3 is 5.97 Å². The minimum Gasteiger partial charge on any atom is -0.422 e. The molecule has 7 nitrogen and oxygen atoms in total. The number of hydrogen-bond donors (Lipinski definition) is 1. The number of imide groups is 1. The molecule has 2 N–H and O–H groups in total. The van der Waals surface area contributed by atoms with E-state index in [1.54, 1.807) is 30.3 Å². The van der Waals surface area contributed by atoms with Gasteiger partial charge in [-0.15, -0.1) is 0 Å². The third-order valence-electron chi connectivity index (χ3n) is 4.65. The highest BCUT2D eigenvalue weighted by atomic mass is 79.9. The molecule has 160 valence electrons. The van der Waals surface area contributed by atoms with E-state index in [1.807, 2.05) is 30.3 Å². The Morgan fingerprint density at radius 3 is 2.56 bits per heavy atom. The van der Waals surface area contributed by atoms with Crippen LogP contribution in [0.25, 0.3) is 16.8 Å². The lowest BCUT2D eigenvalue weighted by Gasteiger charge is -2.10. The summed E-state index contributed by atoms with van der Waals surface area (Å²) in [4.78, 5) is 49.1. The van der Waals surface area contributed by atoms with E-state index in [1.165, 1.54) is 6.08 Å². The number of benzene rings is 3. The Bertz CT molecular complexity index is 1320. The molecule has 4 rings (SSSR count). The highest BCUT2D eigenvalue weighted by Crippen LogP contribution is 2.34. The summed E-state index contributed by atoms with van der Waals surface area (Å²) in [5, 5.41) is 1.17. The molecule has 9 heteroatoms. The highest BCUT2D eigenvalue weighted by molar-refractivity contribution is 9.10. The molecule has 1 fully saturated rings. The molecule has 1 aliphatic heterocycles. The zero-order chi connectivity index (χ0) is 22.8. The van der Waals surface area contributed by atoms with Crippen molar-refractivity contribution in [2.24, 2.45) is 5.73 Å². The summed E-state index contributed by atoms with van der Waals surface area (Å²) in [6.07, 6.45) is 1.52. The van der Waals surface area contributed by atoms with Crippen molar-refractivity contribution < 1.29 is 23.9 Å². The standard InChI is InChI=1S/C23H15BrN2O5S/c24-17-10-13(11-19-21(28)26(12-20(25)27)23(30)32-19)8-9-18(17)31-22(29)16-7-3-5-14-4-1-2-6-15(14)16/h1-11H,12H2,(H2,25,27)/b19-11-. The van der Waals surface area contributed by atoms with Crippen LogP contribution in [0.3, 0.4) is 0 Å². The maximum Gasteiger partial charge on any atom is 0.344 e. The van der Waals surface area contributed by atoms with Crippen molar-refractivity contribution in [2.75, 3.05) is 6.54 Å². The summed E-state index contributed by atoms with van der Waals surface area (Å²) in [6, 6.07) is 17.8. The second-order valence-corrected chi connectivity index (χ2v) is 8.69. The predicted octanol–water partition coefficient (Wildman–Crippen LogP) is 4.34. The molecule has 0 spiro atoms. The lowest BCUT2D eigenvalue weighted by atomic mass is 10.0. The van der Waals surface area contributed by atoms with Gasteiger partial charge in [0.2, 0.25) is 5.91 Å². The molecule has 0 bridgehead atoms. The third kappa shape index (κ3) is 4.44. The first-order chi connectivity index (χ1) is 15.3. The van der Waals surface area contributed by atoms with E-state index in [2.05, 4.69) is 15.9 Å². The first kappa shape index (κ1) is 21.8. The van der Waals surface area contributed by atoms with Gasteiger partial charge in [-0.1, -0.05) is 42.5 Å². The second kappa shape index (κ2) is 8.97. The van der Waals surface area contributed by atoms with Crippen LogP contribution in [-0.2, 0) is 9.59 Å². The number of esters is 1. The molecule has 32 heavy (non-hydrogen) atoms. The van der Waals surface area contributed by atoms with Crippen molar-refractivity contribution in [3.8, 4) is 5.75 Å².